The highest BCUT2D eigenvalue weighted by molar-refractivity contribution is 6.24. The van der Waals surface area contributed by atoms with Gasteiger partial charge in [-0.2, -0.15) is 0 Å². The van der Waals surface area contributed by atoms with E-state index in [0.29, 0.717) is 18.0 Å². The number of nitrogens with two attached hydrogens (primary N) is 1. The van der Waals surface area contributed by atoms with Crippen molar-refractivity contribution < 1.29 is 34.8 Å². The lowest BCUT2D eigenvalue weighted by Gasteiger charge is -2.50. The van der Waals surface area contributed by atoms with Crippen molar-refractivity contribution in [3.05, 3.63) is 45.4 Å². The molecule has 1 aromatic carbocycles. The zero-order chi connectivity index (χ0) is 30.8. The summed E-state index contributed by atoms with van der Waals surface area (Å²) in [5, 5.41) is 45.5. The van der Waals surface area contributed by atoms with Crippen molar-refractivity contribution in [3.8, 4) is 5.75 Å². The third-order valence-corrected chi connectivity index (χ3v) is 9.80. The second-order valence-corrected chi connectivity index (χ2v) is 12.7. The van der Waals surface area contributed by atoms with E-state index >= 15 is 0 Å². The summed E-state index contributed by atoms with van der Waals surface area (Å²) >= 11 is 0. The number of hydrogen-bond donors (Lipinski definition) is 5. The SMILES string of the molecule is CCN(Cc1cc(O)c2c(c1N(C)C)C[C@H]1C[C@H]3[C@H](N(C)C)C(O)=C(C(N)=O)C(=O)[C@@]3(O)C(O)=C1C2=O)CC1CCC1. The van der Waals surface area contributed by atoms with Crippen molar-refractivity contribution in [1.29, 1.82) is 0 Å². The van der Waals surface area contributed by atoms with Crippen molar-refractivity contribution in [2.24, 2.45) is 23.5 Å². The van der Waals surface area contributed by atoms with Gasteiger partial charge in [0.05, 0.1) is 11.6 Å². The Balaban J connectivity index is 1.63. The van der Waals surface area contributed by atoms with Gasteiger partial charge < -0.3 is 31.1 Å². The monoisotopic (exact) mass is 582 g/mol. The molecule has 228 valence electrons. The molecule has 0 aliphatic heterocycles. The van der Waals surface area contributed by atoms with Crippen LogP contribution in [0.25, 0.3) is 0 Å². The van der Waals surface area contributed by atoms with Gasteiger partial charge in [0.25, 0.3) is 5.91 Å². The highest BCUT2D eigenvalue weighted by Gasteiger charge is 2.63. The number of carbonyl (C=O) groups is 3. The van der Waals surface area contributed by atoms with Crippen molar-refractivity contribution >= 4 is 23.2 Å². The van der Waals surface area contributed by atoms with E-state index in [0.717, 1.165) is 24.3 Å². The molecule has 1 fully saturated rings. The molecule has 4 atom stereocenters. The Morgan fingerprint density at radius 2 is 1.79 bits per heavy atom. The van der Waals surface area contributed by atoms with E-state index in [1.54, 1.807) is 25.1 Å². The van der Waals surface area contributed by atoms with Crippen LogP contribution in [0.2, 0.25) is 0 Å². The van der Waals surface area contributed by atoms with E-state index in [2.05, 4.69) is 11.8 Å². The highest BCUT2D eigenvalue weighted by atomic mass is 16.3. The summed E-state index contributed by atoms with van der Waals surface area (Å²) in [6.45, 7) is 4.52. The number of aliphatic hydroxyl groups excluding tert-OH is 2. The number of allylic oxidation sites excluding steroid dienone is 1. The molecule has 42 heavy (non-hydrogen) atoms. The number of likely N-dealkylation sites (N-methyl/N-ethyl adjacent to an activating group) is 1. The number of fused-ring (bicyclic) bond motifs is 3. The van der Waals surface area contributed by atoms with Gasteiger partial charge >= 0.3 is 0 Å². The van der Waals surface area contributed by atoms with Crippen LogP contribution < -0.4 is 10.6 Å². The number of phenolic OH excluding ortho intramolecular Hbond substituents is 1. The lowest BCUT2D eigenvalue weighted by atomic mass is 9.58. The molecule has 4 aliphatic rings. The van der Waals surface area contributed by atoms with Crippen LogP contribution in [-0.4, -0.2) is 101 Å². The summed E-state index contributed by atoms with van der Waals surface area (Å²) in [6, 6.07) is 0.584. The van der Waals surface area contributed by atoms with Crippen LogP contribution in [0.15, 0.2) is 28.7 Å². The Morgan fingerprint density at radius 3 is 2.31 bits per heavy atom. The van der Waals surface area contributed by atoms with Gasteiger partial charge in [0.2, 0.25) is 5.78 Å². The average molecular weight is 583 g/mol. The average Bonchev–Trinajstić information content (AvgIpc) is 2.86. The number of anilines is 1. The summed E-state index contributed by atoms with van der Waals surface area (Å²) in [5.74, 6) is -5.80. The molecule has 1 amide bonds. The first-order chi connectivity index (χ1) is 19.7. The summed E-state index contributed by atoms with van der Waals surface area (Å²) in [6.07, 6.45) is 4.02. The Morgan fingerprint density at radius 1 is 1.12 bits per heavy atom. The molecule has 5 rings (SSSR count). The van der Waals surface area contributed by atoms with Gasteiger partial charge in [0.15, 0.2) is 11.4 Å². The zero-order valence-electron chi connectivity index (χ0n) is 25.0. The quantitative estimate of drug-likeness (QED) is 0.285. The van der Waals surface area contributed by atoms with Crippen LogP contribution in [0.5, 0.6) is 5.75 Å². The van der Waals surface area contributed by atoms with Gasteiger partial charge in [-0.3, -0.25) is 24.2 Å². The highest BCUT2D eigenvalue weighted by Crippen LogP contribution is 2.53. The normalized spacial score (nSPS) is 27.7. The molecular weight excluding hydrogens is 540 g/mol. The first kappa shape index (κ1) is 30.1. The molecule has 1 saturated carbocycles. The summed E-state index contributed by atoms with van der Waals surface area (Å²) < 4.78 is 0. The molecule has 0 radical (unpaired) electrons. The number of ketones is 2. The molecule has 0 aromatic heterocycles. The van der Waals surface area contributed by atoms with Crippen molar-refractivity contribution in [2.75, 3.05) is 46.2 Å². The van der Waals surface area contributed by atoms with E-state index < -0.39 is 58.0 Å². The van der Waals surface area contributed by atoms with Gasteiger partial charge in [0, 0.05) is 44.4 Å². The maximum absolute atomic E-state index is 14.1. The Labute approximate surface area is 245 Å². The number of carbonyl (C=O) groups excluding carboxylic acids is 3. The second-order valence-electron chi connectivity index (χ2n) is 12.7. The van der Waals surface area contributed by atoms with Crippen LogP contribution in [0.4, 0.5) is 5.69 Å². The fraction of sp³-hybridized carbons (Fsp3) is 0.581. The van der Waals surface area contributed by atoms with Crippen molar-refractivity contribution in [3.63, 3.8) is 0 Å². The number of aliphatic hydroxyl groups is 3. The maximum atomic E-state index is 14.1. The Bertz CT molecular complexity index is 1410. The molecule has 0 saturated heterocycles. The third kappa shape index (κ3) is 4.40. The molecule has 1 aromatic rings. The molecule has 11 nitrogen and oxygen atoms in total. The van der Waals surface area contributed by atoms with Gasteiger partial charge in [-0.25, -0.2) is 0 Å². The largest absolute Gasteiger partial charge is 0.510 e. The summed E-state index contributed by atoms with van der Waals surface area (Å²) in [7, 11) is 7.01. The number of rotatable bonds is 8. The molecule has 0 spiro atoms. The van der Waals surface area contributed by atoms with E-state index in [4.69, 9.17) is 5.73 Å². The summed E-state index contributed by atoms with van der Waals surface area (Å²) in [5.41, 5.74) is 4.19. The smallest absolute Gasteiger partial charge is 0.255 e. The molecule has 0 unspecified atom stereocenters. The lowest BCUT2D eigenvalue weighted by Crippen LogP contribution is -2.63. The minimum Gasteiger partial charge on any atom is -0.510 e. The molecule has 6 N–H and O–H groups in total. The van der Waals surface area contributed by atoms with E-state index in [-0.39, 0.29) is 29.7 Å². The topological polar surface area (TPSA) is 168 Å². The molecule has 0 heterocycles. The maximum Gasteiger partial charge on any atom is 0.255 e. The van der Waals surface area contributed by atoms with Crippen LogP contribution in [0.3, 0.4) is 0 Å². The Hall–Kier alpha value is -3.41. The Kier molecular flexibility index (Phi) is 7.66. The number of nitrogens with zero attached hydrogens (tertiary/aromatic N) is 3. The van der Waals surface area contributed by atoms with Gasteiger partial charge in [0.1, 0.15) is 22.8 Å². The van der Waals surface area contributed by atoms with Gasteiger partial charge in [-0.1, -0.05) is 13.3 Å². The van der Waals surface area contributed by atoms with Crippen LogP contribution in [-0.2, 0) is 22.6 Å². The standard InChI is InChI=1S/C31H42N4O7/c1-6-35(13-15-8-7-9-15)14-17-12-20(36)22-18(24(17)33(2)3)10-16-11-19-25(34(4)5)27(38)23(30(32)41)29(40)31(19,42)28(39)21(16)26(22)37/h12,15-16,19,25,36,38-39,42H,6-11,13-14H2,1-5H3,(H2,32,41)/t16-,19-,25-,31-/m0/s1. The number of phenols is 1. The van der Waals surface area contributed by atoms with Gasteiger partial charge in [-0.05, 0) is 75.4 Å². The lowest BCUT2D eigenvalue weighted by molar-refractivity contribution is -0.148. The molecular formula is C31H42N4O7. The number of aromatic hydroxyl groups is 1. The predicted molar refractivity (Wildman–Crippen MR) is 156 cm³/mol. The number of hydrogen-bond acceptors (Lipinski definition) is 10. The molecule has 4 aliphatic carbocycles. The number of Topliss-reactive ketones (excluding diaryl/α,β-unsaturated/α-hetero) is 2. The van der Waals surface area contributed by atoms with Crippen LogP contribution in [0.1, 0.15) is 54.1 Å². The van der Waals surface area contributed by atoms with Crippen LogP contribution >= 0.6 is 0 Å². The first-order valence-corrected chi connectivity index (χ1v) is 14.7. The van der Waals surface area contributed by atoms with E-state index in [1.165, 1.54) is 19.3 Å². The molecule has 0 bridgehead atoms. The number of primary amides is 1. The van der Waals surface area contributed by atoms with E-state index in [9.17, 15) is 34.8 Å². The predicted octanol–water partition coefficient (Wildman–Crippen LogP) is 1.81. The fourth-order valence-electron chi connectivity index (χ4n) is 7.64. The zero-order valence-corrected chi connectivity index (χ0v) is 25.0. The number of amides is 1. The van der Waals surface area contributed by atoms with Gasteiger partial charge in [-0.15, -0.1) is 0 Å². The van der Waals surface area contributed by atoms with Crippen molar-refractivity contribution in [2.45, 2.75) is 57.2 Å². The van der Waals surface area contributed by atoms with E-state index in [1.807, 2.05) is 19.0 Å². The molecule has 11 heteroatoms. The number of benzene rings is 1. The summed E-state index contributed by atoms with van der Waals surface area (Å²) in [4.78, 5) is 45.6. The third-order valence-electron chi connectivity index (χ3n) is 9.80. The fourth-order valence-corrected chi connectivity index (χ4v) is 7.64. The van der Waals surface area contributed by atoms with Crippen LogP contribution in [0, 0.1) is 17.8 Å². The first-order valence-electron chi connectivity index (χ1n) is 14.7. The van der Waals surface area contributed by atoms with Crippen molar-refractivity contribution in [1.82, 2.24) is 9.80 Å². The minimum atomic E-state index is -2.65. The second kappa shape index (κ2) is 10.7. The minimum absolute atomic E-state index is 0.0327.